The Morgan fingerprint density at radius 1 is 1.13 bits per heavy atom. The lowest BCUT2D eigenvalue weighted by atomic mass is 10.0. The number of hydrogen-bond acceptors (Lipinski definition) is 2. The van der Waals surface area contributed by atoms with E-state index < -0.39 is 0 Å². The van der Waals surface area contributed by atoms with E-state index in [1.165, 1.54) is 6.92 Å². The Bertz CT molecular complexity index is 701. The first-order valence-corrected chi connectivity index (χ1v) is 7.71. The molecule has 2 aromatic rings. The van der Waals surface area contributed by atoms with Crippen molar-refractivity contribution in [2.24, 2.45) is 0 Å². The average Bonchev–Trinajstić information content (AvgIpc) is 2.50. The van der Waals surface area contributed by atoms with E-state index in [1.807, 2.05) is 37.3 Å². The van der Waals surface area contributed by atoms with Gasteiger partial charge in [-0.05, 0) is 36.2 Å². The van der Waals surface area contributed by atoms with Crippen molar-refractivity contribution in [1.29, 1.82) is 0 Å². The van der Waals surface area contributed by atoms with Crippen LogP contribution in [0, 0.1) is 6.92 Å². The molecule has 0 aromatic heterocycles. The molecule has 0 radical (unpaired) electrons. The Hall–Kier alpha value is -2.33. The van der Waals surface area contributed by atoms with Crippen LogP contribution in [0.2, 0.25) is 5.02 Å². The molecule has 0 aliphatic heterocycles. The molecule has 23 heavy (non-hydrogen) atoms. The molecule has 0 unspecified atom stereocenters. The second-order valence-electron chi connectivity index (χ2n) is 5.38. The first-order valence-electron chi connectivity index (χ1n) is 7.34. The third kappa shape index (κ3) is 5.11. The summed E-state index contributed by atoms with van der Waals surface area (Å²) in [5.74, 6) is -0.340. The SMILES string of the molecule is CC(=O)N[C@@H](CC(=O)Nc1ccc(Cl)cc1C)c1ccccc1. The average molecular weight is 331 g/mol. The van der Waals surface area contributed by atoms with Gasteiger partial charge in [0.1, 0.15) is 0 Å². The summed E-state index contributed by atoms with van der Waals surface area (Å²) in [5, 5.41) is 6.30. The van der Waals surface area contributed by atoms with Crippen molar-refractivity contribution in [1.82, 2.24) is 5.32 Å². The summed E-state index contributed by atoms with van der Waals surface area (Å²) in [7, 11) is 0. The highest BCUT2D eigenvalue weighted by Crippen LogP contribution is 2.22. The Morgan fingerprint density at radius 2 is 1.83 bits per heavy atom. The van der Waals surface area contributed by atoms with Crippen LogP contribution >= 0.6 is 11.6 Å². The number of aryl methyl sites for hydroxylation is 1. The molecule has 5 heteroatoms. The summed E-state index contributed by atoms with van der Waals surface area (Å²) in [6, 6.07) is 14.4. The molecular formula is C18H19ClN2O2. The smallest absolute Gasteiger partial charge is 0.226 e. The fourth-order valence-electron chi connectivity index (χ4n) is 2.34. The number of anilines is 1. The summed E-state index contributed by atoms with van der Waals surface area (Å²) < 4.78 is 0. The molecule has 2 aromatic carbocycles. The zero-order valence-electron chi connectivity index (χ0n) is 13.1. The van der Waals surface area contributed by atoms with Crippen LogP contribution in [0.4, 0.5) is 5.69 Å². The highest BCUT2D eigenvalue weighted by Gasteiger charge is 2.17. The van der Waals surface area contributed by atoms with Crippen LogP contribution in [0.1, 0.15) is 30.5 Å². The van der Waals surface area contributed by atoms with Gasteiger partial charge in [0, 0.05) is 17.6 Å². The molecule has 0 fully saturated rings. The van der Waals surface area contributed by atoms with Gasteiger partial charge in [0.25, 0.3) is 0 Å². The van der Waals surface area contributed by atoms with E-state index in [1.54, 1.807) is 18.2 Å². The second-order valence-corrected chi connectivity index (χ2v) is 5.81. The fraction of sp³-hybridized carbons (Fsp3) is 0.222. The normalized spacial score (nSPS) is 11.6. The predicted octanol–water partition coefficient (Wildman–Crippen LogP) is 3.85. The van der Waals surface area contributed by atoms with Crippen molar-refractivity contribution in [3.05, 3.63) is 64.7 Å². The van der Waals surface area contributed by atoms with Crippen molar-refractivity contribution in [3.8, 4) is 0 Å². The number of amides is 2. The number of nitrogens with one attached hydrogen (secondary N) is 2. The van der Waals surface area contributed by atoms with Gasteiger partial charge in [0.2, 0.25) is 11.8 Å². The first-order chi connectivity index (χ1) is 11.0. The third-order valence-corrected chi connectivity index (χ3v) is 3.67. The standard InChI is InChI=1S/C18H19ClN2O2/c1-12-10-15(19)8-9-16(12)21-18(23)11-17(20-13(2)22)14-6-4-3-5-7-14/h3-10,17H,11H2,1-2H3,(H,20,22)(H,21,23)/t17-/m0/s1. The maximum absolute atomic E-state index is 12.3. The lowest BCUT2D eigenvalue weighted by Gasteiger charge is -2.18. The molecular weight excluding hydrogens is 312 g/mol. The van der Waals surface area contributed by atoms with Crippen molar-refractivity contribution in [2.45, 2.75) is 26.3 Å². The molecule has 0 aliphatic carbocycles. The van der Waals surface area contributed by atoms with Crippen LogP contribution in [0.5, 0.6) is 0 Å². The molecule has 4 nitrogen and oxygen atoms in total. The van der Waals surface area contributed by atoms with E-state index in [2.05, 4.69) is 10.6 Å². The number of halogens is 1. The molecule has 0 bridgehead atoms. The first kappa shape index (κ1) is 17.0. The van der Waals surface area contributed by atoms with Gasteiger partial charge in [-0.15, -0.1) is 0 Å². The van der Waals surface area contributed by atoms with Gasteiger partial charge in [-0.25, -0.2) is 0 Å². The van der Waals surface area contributed by atoms with E-state index >= 15 is 0 Å². The molecule has 2 rings (SSSR count). The summed E-state index contributed by atoms with van der Waals surface area (Å²) in [6.07, 6.45) is 0.158. The van der Waals surface area contributed by atoms with Gasteiger partial charge in [-0.3, -0.25) is 9.59 Å². The lowest BCUT2D eigenvalue weighted by Crippen LogP contribution is -2.29. The summed E-state index contributed by atoms with van der Waals surface area (Å²) in [5.41, 5.74) is 2.50. The van der Waals surface area contributed by atoms with E-state index in [0.717, 1.165) is 11.1 Å². The number of carbonyl (C=O) groups is 2. The number of benzene rings is 2. The zero-order chi connectivity index (χ0) is 16.8. The van der Waals surface area contributed by atoms with Gasteiger partial charge in [-0.1, -0.05) is 41.9 Å². The fourth-order valence-corrected chi connectivity index (χ4v) is 2.56. The van der Waals surface area contributed by atoms with E-state index in [4.69, 9.17) is 11.6 Å². The number of hydrogen-bond donors (Lipinski definition) is 2. The van der Waals surface area contributed by atoms with Crippen LogP contribution in [0.25, 0.3) is 0 Å². The molecule has 2 amide bonds. The van der Waals surface area contributed by atoms with Crippen LogP contribution in [-0.4, -0.2) is 11.8 Å². The molecule has 0 saturated heterocycles. The van der Waals surface area contributed by atoms with E-state index in [-0.39, 0.29) is 24.3 Å². The predicted molar refractivity (Wildman–Crippen MR) is 92.4 cm³/mol. The second kappa shape index (κ2) is 7.79. The topological polar surface area (TPSA) is 58.2 Å². The lowest BCUT2D eigenvalue weighted by molar-refractivity contribution is -0.120. The van der Waals surface area contributed by atoms with Gasteiger partial charge in [0.15, 0.2) is 0 Å². The van der Waals surface area contributed by atoms with Crippen molar-refractivity contribution in [2.75, 3.05) is 5.32 Å². The Kier molecular flexibility index (Phi) is 5.77. The van der Waals surface area contributed by atoms with Gasteiger partial charge in [0.05, 0.1) is 12.5 Å². The molecule has 0 saturated carbocycles. The molecule has 1 atom stereocenters. The summed E-state index contributed by atoms with van der Waals surface area (Å²) in [4.78, 5) is 23.7. The highest BCUT2D eigenvalue weighted by molar-refractivity contribution is 6.30. The number of rotatable bonds is 5. The molecule has 0 aliphatic rings. The zero-order valence-corrected chi connectivity index (χ0v) is 13.9. The Morgan fingerprint density at radius 3 is 2.43 bits per heavy atom. The molecule has 2 N–H and O–H groups in total. The molecule has 0 spiro atoms. The third-order valence-electron chi connectivity index (χ3n) is 3.43. The van der Waals surface area contributed by atoms with Gasteiger partial charge < -0.3 is 10.6 Å². The maximum atomic E-state index is 12.3. The minimum absolute atomic E-state index is 0.158. The minimum atomic E-state index is -0.360. The van der Waals surface area contributed by atoms with Crippen LogP contribution < -0.4 is 10.6 Å². The highest BCUT2D eigenvalue weighted by atomic mass is 35.5. The van der Waals surface area contributed by atoms with E-state index in [9.17, 15) is 9.59 Å². The molecule has 120 valence electrons. The summed E-state index contributed by atoms with van der Waals surface area (Å²) in [6.45, 7) is 3.32. The monoisotopic (exact) mass is 330 g/mol. The number of carbonyl (C=O) groups excluding carboxylic acids is 2. The van der Waals surface area contributed by atoms with E-state index in [0.29, 0.717) is 10.7 Å². The van der Waals surface area contributed by atoms with Crippen molar-refractivity contribution in [3.63, 3.8) is 0 Å². The molecule has 0 heterocycles. The van der Waals surface area contributed by atoms with Crippen LogP contribution in [-0.2, 0) is 9.59 Å². The largest absolute Gasteiger partial charge is 0.349 e. The summed E-state index contributed by atoms with van der Waals surface area (Å²) >= 11 is 5.91. The maximum Gasteiger partial charge on any atom is 0.226 e. The van der Waals surface area contributed by atoms with Crippen molar-refractivity contribution >= 4 is 29.1 Å². The van der Waals surface area contributed by atoms with Gasteiger partial charge >= 0.3 is 0 Å². The quantitative estimate of drug-likeness (QED) is 0.874. The van der Waals surface area contributed by atoms with Crippen molar-refractivity contribution < 1.29 is 9.59 Å². The van der Waals surface area contributed by atoms with Crippen LogP contribution in [0.15, 0.2) is 48.5 Å². The van der Waals surface area contributed by atoms with Crippen LogP contribution in [0.3, 0.4) is 0 Å². The Labute approximate surface area is 140 Å². The Balaban J connectivity index is 2.09. The minimum Gasteiger partial charge on any atom is -0.349 e. The van der Waals surface area contributed by atoms with Gasteiger partial charge in [-0.2, -0.15) is 0 Å².